The molecule has 0 radical (unpaired) electrons. The van der Waals surface area contributed by atoms with Crippen molar-refractivity contribution >= 4 is 22.5 Å². The van der Waals surface area contributed by atoms with E-state index in [0.717, 1.165) is 0 Å². The lowest BCUT2D eigenvalue weighted by Crippen LogP contribution is -1.90. The molecule has 19 heavy (non-hydrogen) atoms. The Morgan fingerprint density at radius 1 is 0.737 bits per heavy atom. The van der Waals surface area contributed by atoms with Gasteiger partial charge in [-0.25, -0.2) is 0 Å². The minimum Gasteiger partial charge on any atom is -0.361 e. The van der Waals surface area contributed by atoms with Gasteiger partial charge in [-0.15, -0.1) is 0 Å². The smallest absolute Gasteiger partial charge is 0.0466 e. The highest BCUT2D eigenvalue weighted by molar-refractivity contribution is 6.05. The Morgan fingerprint density at radius 2 is 1.58 bits per heavy atom. The first-order valence-electron chi connectivity index (χ1n) is 6.48. The van der Waals surface area contributed by atoms with E-state index in [9.17, 15) is 0 Å². The van der Waals surface area contributed by atoms with Crippen LogP contribution in [-0.4, -0.2) is 0 Å². The third-order valence-electron chi connectivity index (χ3n) is 3.66. The summed E-state index contributed by atoms with van der Waals surface area (Å²) >= 11 is 0. The molecule has 0 fully saturated rings. The van der Waals surface area contributed by atoms with Crippen molar-refractivity contribution in [2.24, 2.45) is 0 Å². The molecule has 90 valence electrons. The van der Waals surface area contributed by atoms with Crippen LogP contribution < -0.4 is 5.32 Å². The van der Waals surface area contributed by atoms with Gasteiger partial charge in [0, 0.05) is 17.5 Å². The SMILES string of the molecule is C1=Cc2ccccc2-c2c(ccc3ccccc23)N1. The highest BCUT2D eigenvalue weighted by atomic mass is 14.8. The summed E-state index contributed by atoms with van der Waals surface area (Å²) in [6.45, 7) is 0. The minimum absolute atomic E-state index is 1.17. The second-order valence-electron chi connectivity index (χ2n) is 4.77. The maximum atomic E-state index is 3.38. The van der Waals surface area contributed by atoms with Gasteiger partial charge in [0.2, 0.25) is 0 Å². The molecule has 0 spiro atoms. The van der Waals surface area contributed by atoms with Gasteiger partial charge in [0.05, 0.1) is 0 Å². The summed E-state index contributed by atoms with van der Waals surface area (Å²) in [4.78, 5) is 0. The Labute approximate surface area is 112 Å². The molecule has 0 saturated carbocycles. The average molecular weight is 243 g/mol. The third-order valence-corrected chi connectivity index (χ3v) is 3.66. The predicted octanol–water partition coefficient (Wildman–Crippen LogP) is 4.90. The van der Waals surface area contributed by atoms with Crippen molar-refractivity contribution in [2.75, 3.05) is 5.32 Å². The molecule has 0 amide bonds. The lowest BCUT2D eigenvalue weighted by atomic mass is 9.94. The van der Waals surface area contributed by atoms with E-state index in [1.807, 2.05) is 6.20 Å². The van der Waals surface area contributed by atoms with Crippen LogP contribution in [0.3, 0.4) is 0 Å². The summed E-state index contributed by atoms with van der Waals surface area (Å²) in [7, 11) is 0. The van der Waals surface area contributed by atoms with Crippen molar-refractivity contribution in [3.05, 3.63) is 72.4 Å². The normalized spacial score (nSPS) is 12.4. The second kappa shape index (κ2) is 3.99. The third kappa shape index (κ3) is 1.55. The summed E-state index contributed by atoms with van der Waals surface area (Å²) < 4.78 is 0. The lowest BCUT2D eigenvalue weighted by Gasteiger charge is -2.13. The molecule has 1 aliphatic heterocycles. The Kier molecular flexibility index (Phi) is 2.18. The zero-order chi connectivity index (χ0) is 12.7. The standard InChI is InChI=1S/C18H13N/c1-3-7-15-13(5-1)9-10-17-18(15)16-8-4-2-6-14(16)11-12-19-17/h1-12,19H. The number of hydrogen-bond acceptors (Lipinski definition) is 1. The van der Waals surface area contributed by atoms with E-state index in [0.29, 0.717) is 0 Å². The van der Waals surface area contributed by atoms with Gasteiger partial charge < -0.3 is 5.32 Å². The van der Waals surface area contributed by atoms with Crippen LogP contribution in [0.4, 0.5) is 5.69 Å². The average Bonchev–Trinajstić information content (AvgIpc) is 2.66. The van der Waals surface area contributed by atoms with E-state index >= 15 is 0 Å². The highest BCUT2D eigenvalue weighted by Crippen LogP contribution is 2.39. The number of rotatable bonds is 0. The molecule has 0 aliphatic carbocycles. The number of nitrogens with one attached hydrogen (secondary N) is 1. The summed E-state index contributed by atoms with van der Waals surface area (Å²) in [5.74, 6) is 0. The number of hydrogen-bond donors (Lipinski definition) is 1. The minimum atomic E-state index is 1.17. The summed E-state index contributed by atoms with van der Waals surface area (Å²) in [5, 5.41) is 5.96. The number of anilines is 1. The summed E-state index contributed by atoms with van der Waals surface area (Å²) in [5.41, 5.74) is 5.00. The molecule has 0 atom stereocenters. The maximum absolute atomic E-state index is 3.38. The predicted molar refractivity (Wildman–Crippen MR) is 82.0 cm³/mol. The van der Waals surface area contributed by atoms with Gasteiger partial charge in [0.1, 0.15) is 0 Å². The highest BCUT2D eigenvalue weighted by Gasteiger charge is 2.13. The van der Waals surface area contributed by atoms with Gasteiger partial charge in [-0.05, 0) is 34.0 Å². The van der Waals surface area contributed by atoms with E-state index < -0.39 is 0 Å². The molecule has 0 aromatic heterocycles. The van der Waals surface area contributed by atoms with Gasteiger partial charge in [-0.1, -0.05) is 54.6 Å². The van der Waals surface area contributed by atoms with Crippen molar-refractivity contribution in [1.29, 1.82) is 0 Å². The van der Waals surface area contributed by atoms with Gasteiger partial charge in [-0.2, -0.15) is 0 Å². The molecule has 3 aromatic carbocycles. The Morgan fingerprint density at radius 3 is 2.58 bits per heavy atom. The van der Waals surface area contributed by atoms with E-state index in [1.165, 1.54) is 33.2 Å². The summed E-state index contributed by atoms with van der Waals surface area (Å²) in [6.07, 6.45) is 4.14. The van der Waals surface area contributed by atoms with Crippen LogP contribution in [0.15, 0.2) is 66.9 Å². The van der Waals surface area contributed by atoms with Crippen LogP contribution in [0.1, 0.15) is 5.56 Å². The van der Waals surface area contributed by atoms with Crippen LogP contribution in [-0.2, 0) is 0 Å². The number of benzene rings is 3. The lowest BCUT2D eigenvalue weighted by molar-refractivity contribution is 1.61. The van der Waals surface area contributed by atoms with Crippen molar-refractivity contribution in [3.8, 4) is 11.1 Å². The molecule has 1 nitrogen and oxygen atoms in total. The Balaban J connectivity index is 2.17. The molecule has 3 aromatic rings. The van der Waals surface area contributed by atoms with Gasteiger partial charge >= 0.3 is 0 Å². The molecule has 0 saturated heterocycles. The van der Waals surface area contributed by atoms with E-state index in [2.05, 4.69) is 72.1 Å². The fourth-order valence-electron chi connectivity index (χ4n) is 2.77. The van der Waals surface area contributed by atoms with Crippen molar-refractivity contribution in [3.63, 3.8) is 0 Å². The molecule has 1 aliphatic rings. The van der Waals surface area contributed by atoms with E-state index in [-0.39, 0.29) is 0 Å². The fourth-order valence-corrected chi connectivity index (χ4v) is 2.77. The molecule has 0 unspecified atom stereocenters. The fraction of sp³-hybridized carbons (Fsp3) is 0. The van der Waals surface area contributed by atoms with Gasteiger partial charge in [0.25, 0.3) is 0 Å². The van der Waals surface area contributed by atoms with E-state index in [1.54, 1.807) is 0 Å². The van der Waals surface area contributed by atoms with Crippen molar-refractivity contribution in [1.82, 2.24) is 0 Å². The molecule has 0 bridgehead atoms. The Hall–Kier alpha value is -2.54. The first-order valence-corrected chi connectivity index (χ1v) is 6.48. The molecule has 1 N–H and O–H groups in total. The second-order valence-corrected chi connectivity index (χ2v) is 4.77. The monoisotopic (exact) mass is 243 g/mol. The van der Waals surface area contributed by atoms with E-state index in [4.69, 9.17) is 0 Å². The van der Waals surface area contributed by atoms with Crippen LogP contribution in [0.2, 0.25) is 0 Å². The van der Waals surface area contributed by atoms with Crippen LogP contribution in [0.5, 0.6) is 0 Å². The zero-order valence-corrected chi connectivity index (χ0v) is 10.4. The topological polar surface area (TPSA) is 12.0 Å². The van der Waals surface area contributed by atoms with Crippen LogP contribution in [0, 0.1) is 0 Å². The largest absolute Gasteiger partial charge is 0.361 e. The molecular weight excluding hydrogens is 230 g/mol. The quantitative estimate of drug-likeness (QED) is 0.592. The van der Waals surface area contributed by atoms with Crippen LogP contribution in [0.25, 0.3) is 28.0 Å². The van der Waals surface area contributed by atoms with Crippen LogP contribution >= 0.6 is 0 Å². The molecule has 1 heteroatoms. The maximum Gasteiger partial charge on any atom is 0.0466 e. The van der Waals surface area contributed by atoms with Gasteiger partial charge in [-0.3, -0.25) is 0 Å². The van der Waals surface area contributed by atoms with Crippen molar-refractivity contribution in [2.45, 2.75) is 0 Å². The first-order chi connectivity index (χ1) is 9.43. The first kappa shape index (κ1) is 10.4. The van der Waals surface area contributed by atoms with Crippen molar-refractivity contribution < 1.29 is 0 Å². The molecular formula is C18H13N. The molecule has 1 heterocycles. The zero-order valence-electron chi connectivity index (χ0n) is 10.4. The Bertz CT molecular complexity index is 800. The van der Waals surface area contributed by atoms with Gasteiger partial charge in [0.15, 0.2) is 0 Å². The summed E-state index contributed by atoms with van der Waals surface area (Å²) in [6, 6.07) is 21.4. The number of fused-ring (bicyclic) bond motifs is 5. The molecule has 4 rings (SSSR count).